The van der Waals surface area contributed by atoms with Gasteiger partial charge in [0.2, 0.25) is 5.91 Å². The molecule has 0 radical (unpaired) electrons. The molecule has 5 nitrogen and oxygen atoms in total. The van der Waals surface area contributed by atoms with Crippen LogP contribution in [0.15, 0.2) is 48.5 Å². The fraction of sp³-hybridized carbons (Fsp3) is 0.435. The maximum absolute atomic E-state index is 12.7. The molecule has 1 N–H and O–H groups in total. The summed E-state index contributed by atoms with van der Waals surface area (Å²) in [6.07, 6.45) is 3.38. The summed E-state index contributed by atoms with van der Waals surface area (Å²) >= 11 is 0. The molecule has 2 aromatic rings. The predicted octanol–water partition coefficient (Wildman–Crippen LogP) is 3.99. The number of nitrogens with one attached hydrogen (secondary N) is 1. The van der Waals surface area contributed by atoms with E-state index < -0.39 is 0 Å². The lowest BCUT2D eigenvalue weighted by molar-refractivity contribution is -0.121. The van der Waals surface area contributed by atoms with E-state index in [0.717, 1.165) is 32.4 Å². The largest absolute Gasteiger partial charge is 0.493 e. The molecule has 0 saturated carbocycles. The Morgan fingerprint density at radius 1 is 1.07 bits per heavy atom. The molecule has 150 valence electrons. The number of carbonyl (C=O) groups is 1. The monoisotopic (exact) mass is 382 g/mol. The number of carbonyl (C=O) groups excluding carboxylic acids is 1. The molecule has 2 aromatic carbocycles. The fourth-order valence-corrected chi connectivity index (χ4v) is 3.82. The van der Waals surface area contributed by atoms with Gasteiger partial charge in [0.25, 0.3) is 0 Å². The van der Waals surface area contributed by atoms with Crippen molar-refractivity contribution in [2.75, 3.05) is 32.6 Å². The van der Waals surface area contributed by atoms with E-state index >= 15 is 0 Å². The van der Waals surface area contributed by atoms with Crippen molar-refractivity contribution in [2.24, 2.45) is 5.92 Å². The Kier molecular flexibility index (Phi) is 6.93. The van der Waals surface area contributed by atoms with E-state index in [4.69, 9.17) is 9.47 Å². The van der Waals surface area contributed by atoms with Crippen LogP contribution in [0.4, 0.5) is 5.69 Å². The molecule has 1 saturated heterocycles. The Labute approximate surface area is 167 Å². The molecule has 0 aromatic heterocycles. The van der Waals surface area contributed by atoms with Gasteiger partial charge in [-0.3, -0.25) is 9.69 Å². The molecule has 1 heterocycles. The summed E-state index contributed by atoms with van der Waals surface area (Å²) in [5.41, 5.74) is 2.12. The van der Waals surface area contributed by atoms with Crippen LogP contribution in [-0.2, 0) is 11.2 Å². The zero-order valence-corrected chi connectivity index (χ0v) is 17.0. The van der Waals surface area contributed by atoms with Gasteiger partial charge in [-0.2, -0.15) is 0 Å². The van der Waals surface area contributed by atoms with Crippen LogP contribution in [0.25, 0.3) is 0 Å². The fourth-order valence-electron chi connectivity index (χ4n) is 3.82. The number of amides is 1. The molecule has 0 spiro atoms. The van der Waals surface area contributed by atoms with E-state index in [0.29, 0.717) is 23.1 Å². The van der Waals surface area contributed by atoms with E-state index in [-0.39, 0.29) is 11.9 Å². The maximum Gasteiger partial charge on any atom is 0.241 e. The molecule has 0 unspecified atom stereocenters. The lowest BCUT2D eigenvalue weighted by atomic mass is 9.89. The Morgan fingerprint density at radius 3 is 2.39 bits per heavy atom. The van der Waals surface area contributed by atoms with Gasteiger partial charge in [-0.1, -0.05) is 30.3 Å². The van der Waals surface area contributed by atoms with E-state index in [1.54, 1.807) is 26.4 Å². The number of nitrogens with zero attached hydrogens (tertiary/aromatic N) is 1. The summed E-state index contributed by atoms with van der Waals surface area (Å²) in [6, 6.07) is 15.9. The van der Waals surface area contributed by atoms with Crippen LogP contribution in [-0.4, -0.2) is 44.2 Å². The summed E-state index contributed by atoms with van der Waals surface area (Å²) < 4.78 is 10.6. The van der Waals surface area contributed by atoms with Gasteiger partial charge in [0, 0.05) is 11.8 Å². The number of hydrogen-bond donors (Lipinski definition) is 1. The van der Waals surface area contributed by atoms with Crippen molar-refractivity contribution in [3.05, 3.63) is 54.1 Å². The van der Waals surface area contributed by atoms with Crippen LogP contribution in [0.3, 0.4) is 0 Å². The van der Waals surface area contributed by atoms with Gasteiger partial charge in [-0.05, 0) is 62.9 Å². The number of benzene rings is 2. The summed E-state index contributed by atoms with van der Waals surface area (Å²) in [4.78, 5) is 15.0. The molecule has 1 fully saturated rings. The normalized spacial score (nSPS) is 16.4. The second kappa shape index (κ2) is 9.60. The van der Waals surface area contributed by atoms with Gasteiger partial charge in [0.05, 0.1) is 20.3 Å². The maximum atomic E-state index is 12.7. The van der Waals surface area contributed by atoms with Crippen LogP contribution in [0.5, 0.6) is 11.5 Å². The third-order valence-corrected chi connectivity index (χ3v) is 5.59. The summed E-state index contributed by atoms with van der Waals surface area (Å²) in [5, 5.41) is 3.00. The highest BCUT2D eigenvalue weighted by Gasteiger charge is 2.26. The summed E-state index contributed by atoms with van der Waals surface area (Å²) in [6.45, 7) is 3.89. The average molecular weight is 383 g/mol. The van der Waals surface area contributed by atoms with E-state index in [1.807, 2.05) is 13.0 Å². The van der Waals surface area contributed by atoms with E-state index in [2.05, 4.69) is 40.5 Å². The van der Waals surface area contributed by atoms with Gasteiger partial charge >= 0.3 is 0 Å². The highest BCUT2D eigenvalue weighted by atomic mass is 16.5. The first-order valence-electron chi connectivity index (χ1n) is 9.91. The number of anilines is 1. The van der Waals surface area contributed by atoms with Crippen LogP contribution >= 0.6 is 0 Å². The Bertz CT molecular complexity index is 771. The smallest absolute Gasteiger partial charge is 0.241 e. The first kappa shape index (κ1) is 20.2. The van der Waals surface area contributed by atoms with E-state index in [9.17, 15) is 4.79 Å². The van der Waals surface area contributed by atoms with Crippen molar-refractivity contribution in [3.63, 3.8) is 0 Å². The highest BCUT2D eigenvalue weighted by molar-refractivity contribution is 5.94. The van der Waals surface area contributed by atoms with Gasteiger partial charge in [-0.15, -0.1) is 0 Å². The summed E-state index contributed by atoms with van der Waals surface area (Å²) in [7, 11) is 3.19. The molecule has 28 heavy (non-hydrogen) atoms. The summed E-state index contributed by atoms with van der Waals surface area (Å²) in [5.74, 6) is 1.96. The quantitative estimate of drug-likeness (QED) is 0.787. The molecule has 0 bridgehead atoms. The minimum Gasteiger partial charge on any atom is -0.493 e. The Balaban J connectivity index is 1.52. The van der Waals surface area contributed by atoms with Crippen LogP contribution < -0.4 is 14.8 Å². The van der Waals surface area contributed by atoms with Gasteiger partial charge in [-0.25, -0.2) is 0 Å². The molecule has 5 heteroatoms. The highest BCUT2D eigenvalue weighted by Crippen LogP contribution is 2.30. The van der Waals surface area contributed by atoms with Crippen molar-refractivity contribution in [1.29, 1.82) is 0 Å². The second-order valence-corrected chi connectivity index (χ2v) is 7.40. The first-order chi connectivity index (χ1) is 13.6. The number of methoxy groups -OCH3 is 2. The average Bonchev–Trinajstić information content (AvgIpc) is 2.74. The van der Waals surface area contributed by atoms with E-state index in [1.165, 1.54) is 5.56 Å². The van der Waals surface area contributed by atoms with Gasteiger partial charge < -0.3 is 14.8 Å². The molecule has 1 aliphatic heterocycles. The zero-order chi connectivity index (χ0) is 19.9. The predicted molar refractivity (Wildman–Crippen MR) is 112 cm³/mol. The van der Waals surface area contributed by atoms with Crippen molar-refractivity contribution in [3.8, 4) is 11.5 Å². The van der Waals surface area contributed by atoms with Crippen LogP contribution in [0, 0.1) is 5.92 Å². The molecule has 0 aliphatic carbocycles. The van der Waals surface area contributed by atoms with Gasteiger partial charge in [0.1, 0.15) is 0 Å². The van der Waals surface area contributed by atoms with Crippen LogP contribution in [0.1, 0.15) is 25.3 Å². The molecule has 1 atom stereocenters. The lowest BCUT2D eigenvalue weighted by Gasteiger charge is -2.35. The molecule has 3 rings (SSSR count). The molecule has 1 aliphatic rings. The van der Waals surface area contributed by atoms with Crippen molar-refractivity contribution < 1.29 is 14.3 Å². The minimum atomic E-state index is -0.161. The zero-order valence-electron chi connectivity index (χ0n) is 17.0. The Morgan fingerprint density at radius 2 is 1.75 bits per heavy atom. The molecular weight excluding hydrogens is 352 g/mol. The molecular formula is C23H30N2O3. The number of likely N-dealkylation sites (tertiary alicyclic amines) is 1. The van der Waals surface area contributed by atoms with Crippen molar-refractivity contribution in [2.45, 2.75) is 32.2 Å². The van der Waals surface area contributed by atoms with Crippen molar-refractivity contribution in [1.82, 2.24) is 4.90 Å². The number of piperidine rings is 1. The Hall–Kier alpha value is -2.53. The third kappa shape index (κ3) is 5.04. The number of ether oxygens (including phenoxy) is 2. The second-order valence-electron chi connectivity index (χ2n) is 7.40. The van der Waals surface area contributed by atoms with Gasteiger partial charge in [0.15, 0.2) is 11.5 Å². The number of rotatable bonds is 7. The standard InChI is InChI=1S/C23H30N2O3/c1-17(23(26)24-20-9-10-21(27-2)22(16-20)28-3)25-13-11-19(12-14-25)15-18-7-5-4-6-8-18/h4-10,16-17,19H,11-15H2,1-3H3,(H,24,26)/t17-/m0/s1. The lowest BCUT2D eigenvalue weighted by Crippen LogP contribution is -2.46. The van der Waals surface area contributed by atoms with Crippen molar-refractivity contribution >= 4 is 11.6 Å². The molecule has 1 amide bonds. The first-order valence-corrected chi connectivity index (χ1v) is 9.91. The third-order valence-electron chi connectivity index (χ3n) is 5.59. The minimum absolute atomic E-state index is 0.00808. The van der Waals surface area contributed by atoms with Crippen LogP contribution in [0.2, 0.25) is 0 Å². The SMILES string of the molecule is COc1ccc(NC(=O)[C@H](C)N2CCC(Cc3ccccc3)CC2)cc1OC. The number of hydrogen-bond acceptors (Lipinski definition) is 4. The topological polar surface area (TPSA) is 50.8 Å².